The number of hydrogen-bond acceptors (Lipinski definition) is 4. The molecule has 2 aromatic rings. The molecule has 4 nitrogen and oxygen atoms in total. The molecule has 1 aliphatic heterocycles. The summed E-state index contributed by atoms with van der Waals surface area (Å²) >= 11 is 0. The Bertz CT molecular complexity index is 908. The van der Waals surface area contributed by atoms with Crippen molar-refractivity contribution in [3.63, 3.8) is 0 Å². The maximum absolute atomic E-state index is 6.14. The Morgan fingerprint density at radius 2 is 1.39 bits per heavy atom. The van der Waals surface area contributed by atoms with Gasteiger partial charge in [-0.1, -0.05) is 96.1 Å². The summed E-state index contributed by atoms with van der Waals surface area (Å²) in [6, 6.07) is 10.6. The highest BCUT2D eigenvalue weighted by Gasteiger charge is 2.24. The van der Waals surface area contributed by atoms with Gasteiger partial charge in [0.15, 0.2) is 11.5 Å². The Morgan fingerprint density at radius 3 is 2.13 bits per heavy atom. The molecule has 1 aliphatic carbocycles. The van der Waals surface area contributed by atoms with Gasteiger partial charge in [-0.25, -0.2) is 0 Å². The summed E-state index contributed by atoms with van der Waals surface area (Å²) in [6.45, 7) is 4.01. The lowest BCUT2D eigenvalue weighted by atomic mass is 10.1. The normalized spacial score (nSPS) is 16.3. The zero-order valence-corrected chi connectivity index (χ0v) is 23.9. The van der Waals surface area contributed by atoms with Crippen LogP contribution in [-0.4, -0.2) is 24.5 Å². The van der Waals surface area contributed by atoms with Crippen LogP contribution in [0.25, 0.3) is 11.1 Å². The minimum atomic E-state index is -0.139. The van der Waals surface area contributed by atoms with Crippen molar-refractivity contribution < 1.29 is 14.2 Å². The van der Waals surface area contributed by atoms with Crippen LogP contribution in [0.1, 0.15) is 122 Å². The van der Waals surface area contributed by atoms with E-state index in [0.29, 0.717) is 0 Å². The van der Waals surface area contributed by atoms with Crippen molar-refractivity contribution in [3.8, 4) is 22.6 Å². The van der Waals surface area contributed by atoms with Crippen molar-refractivity contribution >= 4 is 0 Å². The maximum Gasteiger partial charge on any atom is 0.241 e. The lowest BCUT2D eigenvalue weighted by Crippen LogP contribution is -2.17. The van der Waals surface area contributed by atoms with Crippen LogP contribution >= 0.6 is 0 Å². The number of rotatable bonds is 21. The molecule has 1 saturated carbocycles. The van der Waals surface area contributed by atoms with E-state index in [-0.39, 0.29) is 6.29 Å². The molecule has 1 atom stereocenters. The highest BCUT2D eigenvalue weighted by atomic mass is 16.7. The summed E-state index contributed by atoms with van der Waals surface area (Å²) in [5.41, 5.74) is 3.40. The van der Waals surface area contributed by atoms with Crippen LogP contribution < -0.4 is 9.47 Å². The number of unbranched alkanes of at least 4 members (excludes halogenated alkanes) is 10. The Kier molecular flexibility index (Phi) is 12.8. The van der Waals surface area contributed by atoms with Crippen LogP contribution in [0.2, 0.25) is 0 Å². The molecule has 2 aliphatic rings. The van der Waals surface area contributed by atoms with Gasteiger partial charge < -0.3 is 14.2 Å². The maximum atomic E-state index is 6.14. The minimum Gasteiger partial charge on any atom is -0.451 e. The SMILES string of the molecule is CCCCCCOCCCCc1ccc(-c2ccc3c(c2)OC(CCCCCCCCCC2CC2)O3)cn1. The number of fused-ring (bicyclic) bond motifs is 1. The van der Waals surface area contributed by atoms with Crippen molar-refractivity contribution in [2.45, 2.75) is 129 Å². The van der Waals surface area contributed by atoms with Crippen LogP contribution in [0.5, 0.6) is 11.5 Å². The number of benzene rings is 1. The summed E-state index contributed by atoms with van der Waals surface area (Å²) in [6.07, 6.45) is 25.0. The summed E-state index contributed by atoms with van der Waals surface area (Å²) in [4.78, 5) is 4.71. The number of aryl methyl sites for hydroxylation is 1. The molecule has 0 bridgehead atoms. The largest absolute Gasteiger partial charge is 0.451 e. The fourth-order valence-corrected chi connectivity index (χ4v) is 5.32. The third-order valence-corrected chi connectivity index (χ3v) is 7.98. The van der Waals surface area contributed by atoms with E-state index in [1.807, 2.05) is 12.3 Å². The van der Waals surface area contributed by atoms with Crippen LogP contribution in [0.4, 0.5) is 0 Å². The number of pyridine rings is 1. The second kappa shape index (κ2) is 16.8. The predicted octanol–water partition coefficient (Wildman–Crippen LogP) is 9.69. The Hall–Kier alpha value is -2.07. The fourth-order valence-electron chi connectivity index (χ4n) is 5.32. The number of aromatic nitrogens is 1. The van der Waals surface area contributed by atoms with Gasteiger partial charge in [-0.2, -0.15) is 0 Å². The smallest absolute Gasteiger partial charge is 0.241 e. The molecule has 210 valence electrons. The minimum absolute atomic E-state index is 0.139. The zero-order chi connectivity index (χ0) is 26.3. The van der Waals surface area contributed by atoms with E-state index >= 15 is 0 Å². The molecule has 1 unspecified atom stereocenters. The van der Waals surface area contributed by atoms with E-state index in [1.165, 1.54) is 89.9 Å². The van der Waals surface area contributed by atoms with Crippen LogP contribution in [-0.2, 0) is 11.2 Å². The van der Waals surface area contributed by atoms with Gasteiger partial charge in [-0.15, -0.1) is 0 Å². The molecular weight excluding hydrogens is 470 g/mol. The Labute approximate surface area is 231 Å². The number of hydrogen-bond donors (Lipinski definition) is 0. The van der Waals surface area contributed by atoms with Gasteiger partial charge in [-0.05, 0) is 61.8 Å². The Morgan fingerprint density at radius 1 is 0.711 bits per heavy atom. The zero-order valence-electron chi connectivity index (χ0n) is 23.9. The number of ether oxygens (including phenoxy) is 3. The molecule has 1 aromatic heterocycles. The summed E-state index contributed by atoms with van der Waals surface area (Å²) < 4.78 is 17.9. The lowest BCUT2D eigenvalue weighted by molar-refractivity contribution is 0.0395. The summed E-state index contributed by atoms with van der Waals surface area (Å²) in [7, 11) is 0. The number of nitrogens with zero attached hydrogens (tertiary/aromatic N) is 1. The molecule has 4 rings (SSSR count). The standard InChI is InChI=1S/C34H51NO3/c1-2-3-4-13-24-36-25-14-12-16-31-22-20-30(27-35-31)29-21-23-32-33(26-29)38-34(37-32)17-11-9-7-5-6-8-10-15-28-18-19-28/h20-23,26-28,34H,2-19,24-25H2,1H3. The highest BCUT2D eigenvalue weighted by molar-refractivity contribution is 5.67. The first-order chi connectivity index (χ1) is 18.8. The van der Waals surface area contributed by atoms with Gasteiger partial charge in [0.25, 0.3) is 0 Å². The fraction of sp³-hybridized carbons (Fsp3) is 0.676. The molecule has 0 saturated heterocycles. The monoisotopic (exact) mass is 521 g/mol. The van der Waals surface area contributed by atoms with E-state index < -0.39 is 0 Å². The average molecular weight is 522 g/mol. The first kappa shape index (κ1) is 28.9. The third kappa shape index (κ3) is 10.6. The van der Waals surface area contributed by atoms with Crippen molar-refractivity contribution in [2.75, 3.05) is 13.2 Å². The summed E-state index contributed by atoms with van der Waals surface area (Å²) in [5, 5.41) is 0. The summed E-state index contributed by atoms with van der Waals surface area (Å²) in [5.74, 6) is 2.82. The first-order valence-electron chi connectivity index (χ1n) is 15.8. The van der Waals surface area contributed by atoms with Crippen molar-refractivity contribution in [2.24, 2.45) is 5.92 Å². The molecule has 38 heavy (non-hydrogen) atoms. The van der Waals surface area contributed by atoms with Gasteiger partial charge in [0.05, 0.1) is 0 Å². The first-order valence-corrected chi connectivity index (χ1v) is 15.8. The van der Waals surface area contributed by atoms with Crippen molar-refractivity contribution in [1.82, 2.24) is 4.98 Å². The van der Waals surface area contributed by atoms with E-state index in [0.717, 1.165) is 73.1 Å². The molecule has 1 fully saturated rings. The second-order valence-corrected chi connectivity index (χ2v) is 11.5. The van der Waals surface area contributed by atoms with E-state index in [4.69, 9.17) is 19.2 Å². The van der Waals surface area contributed by atoms with Crippen molar-refractivity contribution in [1.29, 1.82) is 0 Å². The van der Waals surface area contributed by atoms with Gasteiger partial charge in [0, 0.05) is 37.1 Å². The van der Waals surface area contributed by atoms with Crippen LogP contribution in [0, 0.1) is 5.92 Å². The molecule has 2 heterocycles. The molecular formula is C34H51NO3. The quantitative estimate of drug-likeness (QED) is 0.153. The van der Waals surface area contributed by atoms with E-state index in [9.17, 15) is 0 Å². The average Bonchev–Trinajstić information content (AvgIpc) is 3.68. The van der Waals surface area contributed by atoms with Gasteiger partial charge >= 0.3 is 0 Å². The lowest BCUT2D eigenvalue weighted by Gasteiger charge is -2.09. The molecule has 4 heteroatoms. The van der Waals surface area contributed by atoms with Gasteiger partial charge in [0.1, 0.15) is 0 Å². The van der Waals surface area contributed by atoms with E-state index in [1.54, 1.807) is 0 Å². The molecule has 0 spiro atoms. The molecule has 1 aromatic carbocycles. The van der Waals surface area contributed by atoms with E-state index in [2.05, 4.69) is 31.2 Å². The predicted molar refractivity (Wildman–Crippen MR) is 157 cm³/mol. The second-order valence-electron chi connectivity index (χ2n) is 11.5. The van der Waals surface area contributed by atoms with Crippen LogP contribution in [0.15, 0.2) is 36.5 Å². The topological polar surface area (TPSA) is 40.6 Å². The molecule has 0 N–H and O–H groups in total. The molecule has 0 amide bonds. The van der Waals surface area contributed by atoms with Crippen LogP contribution in [0.3, 0.4) is 0 Å². The molecule has 0 radical (unpaired) electrons. The van der Waals surface area contributed by atoms with Gasteiger partial charge in [0.2, 0.25) is 6.29 Å². The van der Waals surface area contributed by atoms with Crippen molar-refractivity contribution in [3.05, 3.63) is 42.2 Å². The Balaban J connectivity index is 1.07. The highest BCUT2D eigenvalue weighted by Crippen LogP contribution is 2.39. The van der Waals surface area contributed by atoms with Gasteiger partial charge in [-0.3, -0.25) is 4.98 Å². The third-order valence-electron chi connectivity index (χ3n) is 7.98.